The molecular formula is C33H34N4O4. The summed E-state index contributed by atoms with van der Waals surface area (Å²) in [4.78, 5) is 39.8. The molecule has 0 saturated carbocycles. The molecule has 1 unspecified atom stereocenters. The van der Waals surface area contributed by atoms with Gasteiger partial charge in [0.2, 0.25) is 0 Å². The van der Waals surface area contributed by atoms with Crippen LogP contribution in [0.1, 0.15) is 63.3 Å². The maximum atomic E-state index is 13.4. The van der Waals surface area contributed by atoms with Crippen molar-refractivity contribution in [2.75, 3.05) is 0 Å². The van der Waals surface area contributed by atoms with E-state index in [1.54, 1.807) is 0 Å². The average molecular weight is 551 g/mol. The molecule has 7 rings (SSSR count). The minimum atomic E-state index is -0.582. The van der Waals surface area contributed by atoms with E-state index in [4.69, 9.17) is 4.74 Å². The quantitative estimate of drug-likeness (QED) is 0.286. The van der Waals surface area contributed by atoms with E-state index >= 15 is 0 Å². The molecule has 0 spiro atoms. The van der Waals surface area contributed by atoms with Gasteiger partial charge in [0.15, 0.2) is 0 Å². The number of amides is 2. The molecule has 0 radical (unpaired) electrons. The van der Waals surface area contributed by atoms with Crippen LogP contribution in [0.15, 0.2) is 48.8 Å². The van der Waals surface area contributed by atoms with E-state index in [1.807, 2.05) is 68.1 Å². The molecule has 2 aromatic heterocycles. The summed E-state index contributed by atoms with van der Waals surface area (Å²) in [6.07, 6.45) is 4.98. The summed E-state index contributed by atoms with van der Waals surface area (Å²) >= 11 is 0. The number of para-hydroxylation sites is 1. The monoisotopic (exact) mass is 550 g/mol. The van der Waals surface area contributed by atoms with Gasteiger partial charge in [-0.25, -0.2) is 0 Å². The van der Waals surface area contributed by atoms with Gasteiger partial charge in [-0.3, -0.25) is 25.0 Å². The van der Waals surface area contributed by atoms with Gasteiger partial charge in [0, 0.05) is 48.4 Å². The van der Waals surface area contributed by atoms with Crippen molar-refractivity contribution < 1.29 is 19.1 Å². The third kappa shape index (κ3) is 3.95. The van der Waals surface area contributed by atoms with E-state index in [0.717, 1.165) is 45.9 Å². The third-order valence-corrected chi connectivity index (χ3v) is 8.69. The molecular weight excluding hydrogens is 516 g/mol. The van der Waals surface area contributed by atoms with Gasteiger partial charge in [0.05, 0.1) is 22.2 Å². The Bertz CT molecular complexity index is 1850. The predicted molar refractivity (Wildman–Crippen MR) is 158 cm³/mol. The Morgan fingerprint density at radius 3 is 2.44 bits per heavy atom. The van der Waals surface area contributed by atoms with Gasteiger partial charge in [-0.2, -0.15) is 0 Å². The van der Waals surface area contributed by atoms with Gasteiger partial charge in [-0.05, 0) is 55.4 Å². The van der Waals surface area contributed by atoms with E-state index in [0.29, 0.717) is 29.8 Å². The molecule has 0 aliphatic carbocycles. The fourth-order valence-electron chi connectivity index (χ4n) is 6.72. The second-order valence-corrected chi connectivity index (χ2v) is 13.1. The number of carbonyl (C=O) groups is 3. The predicted octanol–water partition coefficient (Wildman–Crippen LogP) is 4.66. The standard InChI is InChI=1S/C33H34N4O4/c1-32(2,3)41-31(40)24-17-36-13-11-21-19(10-9-18(15-34-24)27(21)36)25-26(30(39)35-29(25)38)22-16-37-14-12-33(4,5)23-8-6-7-20(22)28(23)37/h6-11,13,16,24,34H,12,14-15,17H2,1-5H3,(H,35,38,39). The van der Waals surface area contributed by atoms with Gasteiger partial charge in [-0.1, -0.05) is 44.2 Å². The molecule has 3 aliphatic heterocycles. The molecule has 41 heavy (non-hydrogen) atoms. The Kier molecular flexibility index (Phi) is 5.45. The first-order valence-corrected chi connectivity index (χ1v) is 14.2. The zero-order chi connectivity index (χ0) is 28.8. The third-order valence-electron chi connectivity index (χ3n) is 8.69. The molecule has 2 aromatic carbocycles. The molecule has 8 heteroatoms. The molecule has 4 aromatic rings. The number of benzene rings is 2. The maximum Gasteiger partial charge on any atom is 0.325 e. The number of hydrogen-bond donors (Lipinski definition) is 2. The van der Waals surface area contributed by atoms with Crippen molar-refractivity contribution in [1.82, 2.24) is 19.8 Å². The Morgan fingerprint density at radius 1 is 0.951 bits per heavy atom. The average Bonchev–Trinajstić information content (AvgIpc) is 3.52. The number of imide groups is 1. The van der Waals surface area contributed by atoms with Crippen LogP contribution < -0.4 is 10.6 Å². The highest BCUT2D eigenvalue weighted by Crippen LogP contribution is 2.44. The number of nitrogens with one attached hydrogen (secondary N) is 2. The van der Waals surface area contributed by atoms with Crippen LogP contribution in [0.4, 0.5) is 0 Å². The summed E-state index contributed by atoms with van der Waals surface area (Å²) in [5, 5.41) is 7.78. The zero-order valence-corrected chi connectivity index (χ0v) is 24.1. The van der Waals surface area contributed by atoms with Crippen molar-refractivity contribution in [3.05, 3.63) is 71.0 Å². The highest BCUT2D eigenvalue weighted by molar-refractivity contribution is 6.50. The first-order valence-electron chi connectivity index (χ1n) is 14.2. The lowest BCUT2D eigenvalue weighted by atomic mass is 9.78. The Labute approximate surface area is 238 Å². The molecule has 0 bridgehead atoms. The second-order valence-electron chi connectivity index (χ2n) is 13.1. The minimum Gasteiger partial charge on any atom is -0.459 e. The Morgan fingerprint density at radius 2 is 1.68 bits per heavy atom. The van der Waals surface area contributed by atoms with Crippen molar-refractivity contribution in [3.8, 4) is 0 Å². The smallest absolute Gasteiger partial charge is 0.325 e. The number of ether oxygens (including phenoxy) is 1. The molecule has 2 amide bonds. The highest BCUT2D eigenvalue weighted by atomic mass is 16.6. The van der Waals surface area contributed by atoms with E-state index in [9.17, 15) is 14.4 Å². The van der Waals surface area contributed by atoms with Gasteiger partial charge in [0.25, 0.3) is 11.8 Å². The van der Waals surface area contributed by atoms with Gasteiger partial charge < -0.3 is 13.9 Å². The summed E-state index contributed by atoms with van der Waals surface area (Å²) in [7, 11) is 0. The van der Waals surface area contributed by atoms with Gasteiger partial charge >= 0.3 is 5.97 Å². The number of hydrogen-bond acceptors (Lipinski definition) is 5. The van der Waals surface area contributed by atoms with Crippen LogP contribution >= 0.6 is 0 Å². The lowest BCUT2D eigenvalue weighted by molar-refractivity contribution is -0.157. The molecule has 0 saturated heterocycles. The van der Waals surface area contributed by atoms with E-state index in [2.05, 4.69) is 35.1 Å². The second kappa shape index (κ2) is 8.66. The lowest BCUT2D eigenvalue weighted by Gasteiger charge is -2.31. The Hall–Kier alpha value is -4.17. The number of aryl methyl sites for hydroxylation is 1. The number of carbonyl (C=O) groups excluding carboxylic acids is 3. The Balaban J connectivity index is 1.39. The number of aromatic nitrogens is 2. The minimum absolute atomic E-state index is 0.0263. The van der Waals surface area contributed by atoms with Crippen molar-refractivity contribution in [1.29, 1.82) is 0 Å². The van der Waals surface area contributed by atoms with Crippen molar-refractivity contribution in [3.63, 3.8) is 0 Å². The summed E-state index contributed by atoms with van der Waals surface area (Å²) in [6, 6.07) is 11.6. The van der Waals surface area contributed by atoms with Crippen LogP contribution in [0.3, 0.4) is 0 Å². The molecule has 2 N–H and O–H groups in total. The van der Waals surface area contributed by atoms with Crippen molar-refractivity contribution in [2.24, 2.45) is 0 Å². The lowest BCUT2D eigenvalue weighted by Crippen LogP contribution is -2.42. The topological polar surface area (TPSA) is 94.4 Å². The molecule has 1 atom stereocenters. The fraction of sp³-hybridized carbons (Fsp3) is 0.364. The maximum absolute atomic E-state index is 13.4. The SMILES string of the molecule is CC(C)(C)OC(=O)C1Cn2ccc3c(C4=C(c5cn6c7c(cccc57)C(C)(C)CC6)C(=O)NC4=O)ccc(c32)CN1. The fourth-order valence-corrected chi connectivity index (χ4v) is 6.72. The first-order chi connectivity index (χ1) is 19.4. The van der Waals surface area contributed by atoms with Crippen LogP contribution in [0.25, 0.3) is 33.0 Å². The van der Waals surface area contributed by atoms with Crippen LogP contribution in [-0.2, 0) is 44.2 Å². The summed E-state index contributed by atoms with van der Waals surface area (Å²) in [5.41, 5.74) is 6.10. The van der Waals surface area contributed by atoms with Crippen LogP contribution in [0, 0.1) is 0 Å². The summed E-state index contributed by atoms with van der Waals surface area (Å²) < 4.78 is 9.93. The zero-order valence-electron chi connectivity index (χ0n) is 24.1. The normalized spacial score (nSPS) is 20.1. The van der Waals surface area contributed by atoms with E-state index < -0.39 is 17.6 Å². The summed E-state index contributed by atoms with van der Waals surface area (Å²) in [5.74, 6) is -1.06. The number of nitrogens with zero attached hydrogens (tertiary/aromatic N) is 2. The van der Waals surface area contributed by atoms with Crippen molar-refractivity contribution in [2.45, 2.75) is 77.7 Å². The number of esters is 1. The molecule has 210 valence electrons. The molecule has 0 fully saturated rings. The molecule has 8 nitrogen and oxygen atoms in total. The van der Waals surface area contributed by atoms with E-state index in [-0.39, 0.29) is 17.3 Å². The van der Waals surface area contributed by atoms with Gasteiger partial charge in [0.1, 0.15) is 11.6 Å². The van der Waals surface area contributed by atoms with Crippen LogP contribution in [-0.4, -0.2) is 38.6 Å². The molecule has 5 heterocycles. The largest absolute Gasteiger partial charge is 0.459 e. The van der Waals surface area contributed by atoms with Crippen LogP contribution in [0.5, 0.6) is 0 Å². The van der Waals surface area contributed by atoms with Crippen molar-refractivity contribution >= 4 is 50.7 Å². The van der Waals surface area contributed by atoms with Gasteiger partial charge in [-0.15, -0.1) is 0 Å². The van der Waals surface area contributed by atoms with Crippen LogP contribution in [0.2, 0.25) is 0 Å². The highest BCUT2D eigenvalue weighted by Gasteiger charge is 2.37. The molecule has 3 aliphatic rings. The first kappa shape index (κ1) is 25.8. The summed E-state index contributed by atoms with van der Waals surface area (Å²) in [6.45, 7) is 11.8. The number of rotatable bonds is 3. The van der Waals surface area contributed by atoms with E-state index in [1.165, 1.54) is 5.56 Å².